The molecule has 0 amide bonds. The van der Waals surface area contributed by atoms with Crippen LogP contribution in [0, 0.1) is 0 Å². The largest absolute Gasteiger partial charge is 0.382 e. The second kappa shape index (κ2) is 6.17. The lowest BCUT2D eigenvalue weighted by Gasteiger charge is -2.12. The molecule has 6 nitrogen and oxygen atoms in total. The molecule has 2 aromatic carbocycles. The third kappa shape index (κ3) is 2.67. The van der Waals surface area contributed by atoms with Gasteiger partial charge in [-0.1, -0.05) is 48.5 Å². The molecule has 0 aliphatic heterocycles. The number of anilines is 1. The number of fused-ring (bicyclic) bond motifs is 2. The highest BCUT2D eigenvalue weighted by atomic mass is 15.1. The number of nitrogens with two attached hydrogens (primary N) is 1. The van der Waals surface area contributed by atoms with Crippen molar-refractivity contribution in [2.24, 2.45) is 0 Å². The van der Waals surface area contributed by atoms with Crippen LogP contribution in [0.5, 0.6) is 0 Å². The lowest BCUT2D eigenvalue weighted by atomic mass is 10.0. The molecule has 2 N–H and O–H groups in total. The number of aromatic nitrogens is 5. The molecule has 0 saturated carbocycles. The van der Waals surface area contributed by atoms with Gasteiger partial charge in [-0.2, -0.15) is 0 Å². The van der Waals surface area contributed by atoms with Crippen LogP contribution in [0.1, 0.15) is 5.56 Å². The number of hydrogen-bond donors (Lipinski definition) is 1. The Morgan fingerprint density at radius 1 is 0.889 bits per heavy atom. The maximum Gasteiger partial charge on any atom is 0.165 e. The first-order valence-corrected chi connectivity index (χ1v) is 8.65. The highest BCUT2D eigenvalue weighted by Crippen LogP contribution is 2.27. The predicted octanol–water partition coefficient (Wildman–Crippen LogP) is 3.67. The number of para-hydroxylation sites is 1. The molecule has 0 spiro atoms. The molecule has 0 aliphatic carbocycles. The smallest absolute Gasteiger partial charge is 0.165 e. The van der Waals surface area contributed by atoms with Crippen LogP contribution in [0.2, 0.25) is 0 Å². The number of rotatable bonds is 3. The summed E-state index contributed by atoms with van der Waals surface area (Å²) in [6.45, 7) is 0.592. The second-order valence-corrected chi connectivity index (χ2v) is 6.36. The van der Waals surface area contributed by atoms with Crippen LogP contribution >= 0.6 is 0 Å². The summed E-state index contributed by atoms with van der Waals surface area (Å²) >= 11 is 0. The van der Waals surface area contributed by atoms with Gasteiger partial charge in [-0.25, -0.2) is 19.9 Å². The third-order valence-electron chi connectivity index (χ3n) is 4.62. The van der Waals surface area contributed by atoms with Crippen molar-refractivity contribution in [2.75, 3.05) is 5.73 Å². The quantitative estimate of drug-likeness (QED) is 0.536. The summed E-state index contributed by atoms with van der Waals surface area (Å²) in [6, 6.07) is 20.5. The lowest BCUT2D eigenvalue weighted by Crippen LogP contribution is -2.03. The number of imidazole rings is 1. The average Bonchev–Trinajstić information content (AvgIpc) is 3.12. The number of hydrogen-bond acceptors (Lipinski definition) is 5. The summed E-state index contributed by atoms with van der Waals surface area (Å²) < 4.78 is 1.98. The average molecular weight is 352 g/mol. The topological polar surface area (TPSA) is 82.5 Å². The molecule has 0 atom stereocenters. The maximum absolute atomic E-state index is 5.92. The van der Waals surface area contributed by atoms with Crippen molar-refractivity contribution in [3.05, 3.63) is 78.9 Å². The van der Waals surface area contributed by atoms with E-state index in [1.807, 2.05) is 41.0 Å². The zero-order chi connectivity index (χ0) is 18.2. The first-order valence-electron chi connectivity index (χ1n) is 8.65. The normalized spacial score (nSPS) is 11.3. The first kappa shape index (κ1) is 15.5. The van der Waals surface area contributed by atoms with Crippen molar-refractivity contribution in [2.45, 2.75) is 6.54 Å². The minimum Gasteiger partial charge on any atom is -0.382 e. The lowest BCUT2D eigenvalue weighted by molar-refractivity contribution is 0.812. The summed E-state index contributed by atoms with van der Waals surface area (Å²) in [5.41, 5.74) is 11.4. The van der Waals surface area contributed by atoms with Gasteiger partial charge in [-0.3, -0.25) is 0 Å². The van der Waals surface area contributed by atoms with Crippen LogP contribution in [0.4, 0.5) is 5.82 Å². The van der Waals surface area contributed by atoms with E-state index in [-0.39, 0.29) is 0 Å². The SMILES string of the molecule is Nc1ncnc2c1ncn2Cc1cc2ccccc2nc1-c1ccccc1. The third-order valence-corrected chi connectivity index (χ3v) is 4.62. The van der Waals surface area contributed by atoms with E-state index in [0.29, 0.717) is 17.9 Å². The molecule has 27 heavy (non-hydrogen) atoms. The summed E-state index contributed by atoms with van der Waals surface area (Å²) in [7, 11) is 0. The maximum atomic E-state index is 5.92. The van der Waals surface area contributed by atoms with Gasteiger partial charge in [0.25, 0.3) is 0 Å². The highest BCUT2D eigenvalue weighted by Gasteiger charge is 2.13. The zero-order valence-electron chi connectivity index (χ0n) is 14.4. The molecule has 0 fully saturated rings. The van der Waals surface area contributed by atoms with Crippen LogP contribution in [-0.4, -0.2) is 24.5 Å². The van der Waals surface area contributed by atoms with Gasteiger partial charge < -0.3 is 10.3 Å². The Kier molecular flexibility index (Phi) is 3.53. The number of nitrogen functional groups attached to an aromatic ring is 1. The summed E-state index contributed by atoms with van der Waals surface area (Å²) in [4.78, 5) is 17.7. The molecule has 130 valence electrons. The van der Waals surface area contributed by atoms with Crippen LogP contribution in [0.25, 0.3) is 33.3 Å². The molecule has 0 radical (unpaired) electrons. The van der Waals surface area contributed by atoms with Crippen LogP contribution in [0.15, 0.2) is 73.3 Å². The van der Waals surface area contributed by atoms with Gasteiger partial charge in [0.05, 0.1) is 24.1 Å². The molecule has 6 heteroatoms. The summed E-state index contributed by atoms with van der Waals surface area (Å²) in [6.07, 6.45) is 3.21. The van der Waals surface area contributed by atoms with E-state index >= 15 is 0 Å². The molecule has 0 saturated heterocycles. The Balaban J connectivity index is 1.70. The summed E-state index contributed by atoms with van der Waals surface area (Å²) in [5, 5.41) is 1.10. The van der Waals surface area contributed by atoms with Gasteiger partial charge in [0.1, 0.15) is 11.8 Å². The molecule has 3 heterocycles. The van der Waals surface area contributed by atoms with Crippen molar-refractivity contribution in [1.82, 2.24) is 24.5 Å². The first-order chi connectivity index (χ1) is 13.3. The fourth-order valence-electron chi connectivity index (χ4n) is 3.32. The van der Waals surface area contributed by atoms with Crippen molar-refractivity contribution >= 4 is 27.9 Å². The molecular weight excluding hydrogens is 336 g/mol. The van der Waals surface area contributed by atoms with E-state index in [9.17, 15) is 0 Å². The van der Waals surface area contributed by atoms with E-state index in [4.69, 9.17) is 10.7 Å². The van der Waals surface area contributed by atoms with Crippen molar-refractivity contribution in [3.63, 3.8) is 0 Å². The van der Waals surface area contributed by atoms with Crippen molar-refractivity contribution in [1.29, 1.82) is 0 Å². The fourth-order valence-corrected chi connectivity index (χ4v) is 3.32. The Bertz CT molecular complexity index is 1260. The molecule has 0 aliphatic rings. The van der Waals surface area contributed by atoms with Crippen LogP contribution < -0.4 is 5.73 Å². The minimum absolute atomic E-state index is 0.388. The Labute approximate surface area is 155 Å². The predicted molar refractivity (Wildman–Crippen MR) is 106 cm³/mol. The van der Waals surface area contributed by atoms with Gasteiger partial charge in [0, 0.05) is 10.9 Å². The zero-order valence-corrected chi connectivity index (χ0v) is 14.4. The highest BCUT2D eigenvalue weighted by molar-refractivity contribution is 5.84. The molecule has 5 aromatic rings. The van der Waals surface area contributed by atoms with Gasteiger partial charge >= 0.3 is 0 Å². The fraction of sp³-hybridized carbons (Fsp3) is 0.0476. The second-order valence-electron chi connectivity index (χ2n) is 6.36. The summed E-state index contributed by atoms with van der Waals surface area (Å²) in [5.74, 6) is 0.388. The van der Waals surface area contributed by atoms with E-state index < -0.39 is 0 Å². The van der Waals surface area contributed by atoms with E-state index in [2.05, 4.69) is 39.2 Å². The number of pyridine rings is 1. The van der Waals surface area contributed by atoms with E-state index in [1.165, 1.54) is 6.33 Å². The van der Waals surface area contributed by atoms with Gasteiger partial charge in [-0.05, 0) is 17.7 Å². The molecular formula is C21H16N6. The standard InChI is InChI=1S/C21H16N6/c22-20-19-21(24-12-23-20)27(13-25-19)11-16-10-15-8-4-5-9-17(15)26-18(16)14-6-2-1-3-7-14/h1-10,12-13H,11H2,(H2,22,23,24). The van der Waals surface area contributed by atoms with E-state index in [1.54, 1.807) is 6.33 Å². The van der Waals surface area contributed by atoms with Gasteiger partial charge in [0.15, 0.2) is 11.5 Å². The van der Waals surface area contributed by atoms with E-state index in [0.717, 1.165) is 33.4 Å². The minimum atomic E-state index is 0.388. The van der Waals surface area contributed by atoms with Crippen LogP contribution in [-0.2, 0) is 6.54 Å². The van der Waals surface area contributed by atoms with Crippen molar-refractivity contribution < 1.29 is 0 Å². The Morgan fingerprint density at radius 3 is 2.59 bits per heavy atom. The number of nitrogens with zero attached hydrogens (tertiary/aromatic N) is 5. The van der Waals surface area contributed by atoms with Gasteiger partial charge in [-0.15, -0.1) is 0 Å². The molecule has 3 aromatic heterocycles. The molecule has 0 unspecified atom stereocenters. The van der Waals surface area contributed by atoms with Crippen molar-refractivity contribution in [3.8, 4) is 11.3 Å². The van der Waals surface area contributed by atoms with Gasteiger partial charge in [0.2, 0.25) is 0 Å². The molecule has 0 bridgehead atoms. The molecule has 5 rings (SSSR count). The Hall–Kier alpha value is -3.80. The Morgan fingerprint density at radius 2 is 1.70 bits per heavy atom. The monoisotopic (exact) mass is 352 g/mol. The van der Waals surface area contributed by atoms with Crippen LogP contribution in [0.3, 0.4) is 0 Å². The number of benzene rings is 2.